The van der Waals surface area contributed by atoms with Crippen LogP contribution in [0, 0.1) is 0 Å². The highest BCUT2D eigenvalue weighted by atomic mass is 15.3. The first-order valence-electron chi connectivity index (χ1n) is 4.82. The second kappa shape index (κ2) is 4.38. The summed E-state index contributed by atoms with van der Waals surface area (Å²) in [6.45, 7) is 2.35. The Morgan fingerprint density at radius 3 is 2.15 bits per heavy atom. The summed E-state index contributed by atoms with van der Waals surface area (Å²) < 4.78 is 3.28. The molecule has 0 aliphatic heterocycles. The van der Waals surface area contributed by atoms with Crippen LogP contribution in [0.25, 0.3) is 0 Å². The zero-order chi connectivity index (χ0) is 9.73. The highest BCUT2D eigenvalue weighted by Crippen LogP contribution is 1.92. The molecular formula is C11H20N2+2. The van der Waals surface area contributed by atoms with Crippen LogP contribution < -0.4 is 4.57 Å². The summed E-state index contributed by atoms with van der Waals surface area (Å²) in [6.07, 6.45) is 5.48. The topological polar surface area (TPSA) is 3.88 Å². The number of nitrogens with zero attached hydrogens (tertiary/aromatic N) is 2. The molecule has 13 heavy (non-hydrogen) atoms. The van der Waals surface area contributed by atoms with Gasteiger partial charge in [0.1, 0.15) is 0 Å². The smallest absolute Gasteiger partial charge is 0.168 e. The van der Waals surface area contributed by atoms with Gasteiger partial charge in [0.2, 0.25) is 0 Å². The van der Waals surface area contributed by atoms with E-state index in [0.717, 1.165) is 11.0 Å². The number of hydrogen-bond acceptors (Lipinski definition) is 0. The zero-order valence-corrected chi connectivity index (χ0v) is 8.90. The molecule has 0 aromatic carbocycles. The first-order valence-corrected chi connectivity index (χ1v) is 4.82. The van der Waals surface area contributed by atoms with Gasteiger partial charge in [-0.1, -0.05) is 6.07 Å². The molecule has 0 aliphatic carbocycles. The van der Waals surface area contributed by atoms with Crippen molar-refractivity contribution in [2.45, 2.75) is 13.0 Å². The van der Waals surface area contributed by atoms with Crippen molar-refractivity contribution < 1.29 is 9.05 Å². The predicted octanol–water partition coefficient (Wildman–Crippen LogP) is 1.07. The monoisotopic (exact) mass is 180 g/mol. The fourth-order valence-electron chi connectivity index (χ4n) is 1.31. The van der Waals surface area contributed by atoms with Gasteiger partial charge in [-0.2, -0.15) is 0 Å². The number of quaternary nitrogens is 1. The van der Waals surface area contributed by atoms with Gasteiger partial charge < -0.3 is 4.48 Å². The second-order valence-corrected chi connectivity index (χ2v) is 4.48. The molecule has 2 heteroatoms. The Morgan fingerprint density at radius 1 is 1.00 bits per heavy atom. The molecule has 1 aromatic rings. The van der Waals surface area contributed by atoms with Crippen molar-refractivity contribution in [3.63, 3.8) is 0 Å². The van der Waals surface area contributed by atoms with E-state index in [0.29, 0.717) is 0 Å². The lowest BCUT2D eigenvalue weighted by atomic mass is 10.3. The average molecular weight is 180 g/mol. The van der Waals surface area contributed by atoms with Crippen LogP contribution in [0.3, 0.4) is 0 Å². The van der Waals surface area contributed by atoms with Crippen molar-refractivity contribution in [3.8, 4) is 0 Å². The van der Waals surface area contributed by atoms with Crippen molar-refractivity contribution >= 4 is 0 Å². The van der Waals surface area contributed by atoms with Crippen molar-refractivity contribution in [1.82, 2.24) is 0 Å². The van der Waals surface area contributed by atoms with Crippen LogP contribution in [-0.4, -0.2) is 32.2 Å². The Kier molecular flexibility index (Phi) is 3.43. The van der Waals surface area contributed by atoms with E-state index in [1.54, 1.807) is 0 Å². The lowest BCUT2D eigenvalue weighted by Crippen LogP contribution is -2.39. The maximum atomic E-state index is 2.23. The van der Waals surface area contributed by atoms with Crippen molar-refractivity contribution in [3.05, 3.63) is 30.6 Å². The maximum Gasteiger partial charge on any atom is 0.168 e. The van der Waals surface area contributed by atoms with Crippen LogP contribution in [0.2, 0.25) is 0 Å². The van der Waals surface area contributed by atoms with E-state index < -0.39 is 0 Å². The Morgan fingerprint density at radius 2 is 1.62 bits per heavy atom. The van der Waals surface area contributed by atoms with E-state index in [1.165, 1.54) is 13.0 Å². The molecule has 0 unspecified atom stereocenters. The van der Waals surface area contributed by atoms with Crippen LogP contribution in [-0.2, 0) is 6.54 Å². The summed E-state index contributed by atoms with van der Waals surface area (Å²) in [4.78, 5) is 0. The highest BCUT2D eigenvalue weighted by molar-refractivity contribution is 4.83. The number of rotatable bonds is 4. The number of hydrogen-bond donors (Lipinski definition) is 0. The van der Waals surface area contributed by atoms with Gasteiger partial charge >= 0.3 is 0 Å². The molecule has 1 rings (SSSR count). The summed E-state index contributed by atoms with van der Waals surface area (Å²) in [5.74, 6) is 0. The molecule has 0 saturated carbocycles. The van der Waals surface area contributed by atoms with Gasteiger partial charge in [0.15, 0.2) is 18.9 Å². The van der Waals surface area contributed by atoms with E-state index >= 15 is 0 Å². The minimum absolute atomic E-state index is 1.05. The van der Waals surface area contributed by atoms with Crippen LogP contribution in [0.4, 0.5) is 0 Å². The van der Waals surface area contributed by atoms with E-state index in [9.17, 15) is 0 Å². The minimum atomic E-state index is 1.05. The van der Waals surface area contributed by atoms with Gasteiger partial charge in [0.25, 0.3) is 0 Å². The van der Waals surface area contributed by atoms with E-state index in [-0.39, 0.29) is 0 Å². The fourth-order valence-corrected chi connectivity index (χ4v) is 1.31. The summed E-state index contributed by atoms with van der Waals surface area (Å²) in [6, 6.07) is 6.20. The number of pyridine rings is 1. The summed E-state index contributed by atoms with van der Waals surface area (Å²) in [5, 5.41) is 0. The molecule has 0 saturated heterocycles. The van der Waals surface area contributed by atoms with Crippen LogP contribution in [0.1, 0.15) is 6.42 Å². The van der Waals surface area contributed by atoms with Crippen molar-refractivity contribution in [2.75, 3.05) is 27.7 Å². The van der Waals surface area contributed by atoms with E-state index in [1.807, 2.05) is 0 Å². The molecule has 0 amide bonds. The lowest BCUT2D eigenvalue weighted by molar-refractivity contribution is -0.873. The molecule has 0 aliphatic rings. The van der Waals surface area contributed by atoms with Gasteiger partial charge in [-0.3, -0.25) is 0 Å². The van der Waals surface area contributed by atoms with Crippen molar-refractivity contribution in [1.29, 1.82) is 0 Å². The van der Waals surface area contributed by atoms with Crippen LogP contribution >= 0.6 is 0 Å². The molecule has 2 nitrogen and oxygen atoms in total. The third-order valence-electron chi connectivity index (χ3n) is 2.02. The van der Waals surface area contributed by atoms with Gasteiger partial charge in [0.05, 0.1) is 34.1 Å². The first-order chi connectivity index (χ1) is 6.08. The van der Waals surface area contributed by atoms with Crippen molar-refractivity contribution in [2.24, 2.45) is 0 Å². The zero-order valence-electron chi connectivity index (χ0n) is 8.90. The van der Waals surface area contributed by atoms with E-state index in [2.05, 4.69) is 56.3 Å². The highest BCUT2D eigenvalue weighted by Gasteiger charge is 2.07. The molecule has 0 bridgehead atoms. The van der Waals surface area contributed by atoms with Gasteiger partial charge in [-0.15, -0.1) is 0 Å². The molecule has 1 aromatic heterocycles. The molecule has 0 N–H and O–H groups in total. The number of aromatic nitrogens is 1. The quantitative estimate of drug-likeness (QED) is 0.482. The molecule has 0 spiro atoms. The normalized spacial score (nSPS) is 11.6. The summed E-state index contributed by atoms with van der Waals surface area (Å²) in [5.41, 5.74) is 0. The number of aryl methyl sites for hydroxylation is 1. The Hall–Kier alpha value is -0.890. The largest absolute Gasteiger partial charge is 0.331 e. The summed E-state index contributed by atoms with van der Waals surface area (Å²) >= 11 is 0. The third-order valence-corrected chi connectivity index (χ3v) is 2.02. The Labute approximate surface area is 81.0 Å². The van der Waals surface area contributed by atoms with Crippen LogP contribution in [0.5, 0.6) is 0 Å². The lowest BCUT2D eigenvalue weighted by Gasteiger charge is -2.22. The third kappa shape index (κ3) is 4.63. The fraction of sp³-hybridized carbons (Fsp3) is 0.545. The molecule has 1 heterocycles. The van der Waals surface area contributed by atoms with Gasteiger partial charge in [-0.25, -0.2) is 4.57 Å². The molecule has 72 valence electrons. The first kappa shape index (κ1) is 10.2. The maximum absolute atomic E-state index is 2.23. The molecular weight excluding hydrogens is 160 g/mol. The standard InChI is InChI=1S/C11H20N2/c1-13(2,3)11-7-10-12-8-5-4-6-9-12/h4-6,8-9H,7,10-11H2,1-3H3/q+2. The van der Waals surface area contributed by atoms with E-state index in [4.69, 9.17) is 0 Å². The minimum Gasteiger partial charge on any atom is -0.331 e. The Balaban J connectivity index is 2.29. The van der Waals surface area contributed by atoms with Crippen LogP contribution in [0.15, 0.2) is 30.6 Å². The summed E-state index contributed by atoms with van der Waals surface area (Å²) in [7, 11) is 6.70. The molecule has 0 fully saturated rings. The van der Waals surface area contributed by atoms with Gasteiger partial charge in [-0.05, 0) is 0 Å². The molecule has 0 radical (unpaired) electrons. The molecule has 0 atom stereocenters. The predicted molar refractivity (Wildman–Crippen MR) is 54.2 cm³/mol. The average Bonchev–Trinajstić information content (AvgIpc) is 2.04. The second-order valence-electron chi connectivity index (χ2n) is 4.48. The van der Waals surface area contributed by atoms with Gasteiger partial charge in [0, 0.05) is 12.1 Å². The SMILES string of the molecule is C[N+](C)(C)CCC[n+]1ccccc1. The Bertz CT molecular complexity index is 236.